The first-order valence-electron chi connectivity index (χ1n) is 9.32. The van der Waals surface area contributed by atoms with Crippen LogP contribution in [0.15, 0.2) is 35.1 Å². The second-order valence-electron chi connectivity index (χ2n) is 7.27. The van der Waals surface area contributed by atoms with E-state index in [2.05, 4.69) is 6.92 Å². The fraction of sp³-hybridized carbons (Fsp3) is 0.455. The Morgan fingerprint density at radius 1 is 1.15 bits per heavy atom. The summed E-state index contributed by atoms with van der Waals surface area (Å²) < 4.78 is 7.09. The number of pyridine rings is 1. The highest BCUT2D eigenvalue weighted by Gasteiger charge is 2.48. The number of ether oxygens (including phenoxy) is 1. The van der Waals surface area contributed by atoms with Crippen LogP contribution in [-0.2, 0) is 34.3 Å². The van der Waals surface area contributed by atoms with Gasteiger partial charge in [0.2, 0.25) is 0 Å². The smallest absolute Gasteiger partial charge is 0.316 e. The molecule has 0 N–H and O–H groups in total. The summed E-state index contributed by atoms with van der Waals surface area (Å²) in [6.07, 6.45) is 3.12. The average molecular weight is 353 g/mol. The van der Waals surface area contributed by atoms with E-state index in [1.54, 1.807) is 0 Å². The highest BCUT2D eigenvalue weighted by atomic mass is 16.5. The molecule has 0 radical (unpaired) electrons. The Morgan fingerprint density at radius 3 is 2.42 bits per heavy atom. The monoisotopic (exact) mass is 353 g/mol. The molecule has 1 aliphatic rings. The second kappa shape index (κ2) is 7.10. The molecule has 0 bridgehead atoms. The van der Waals surface area contributed by atoms with Gasteiger partial charge in [-0.2, -0.15) is 0 Å². The van der Waals surface area contributed by atoms with Gasteiger partial charge in [0.05, 0.1) is 7.11 Å². The van der Waals surface area contributed by atoms with Crippen molar-refractivity contribution in [2.45, 2.75) is 58.4 Å². The fourth-order valence-corrected chi connectivity index (χ4v) is 4.24. The molecular weight excluding hydrogens is 326 g/mol. The quantitative estimate of drug-likeness (QED) is 0.773. The fourth-order valence-electron chi connectivity index (χ4n) is 4.24. The lowest BCUT2D eigenvalue weighted by Crippen LogP contribution is -2.38. The molecule has 0 spiro atoms. The number of hydrogen-bond donors (Lipinski definition) is 0. The van der Waals surface area contributed by atoms with Crippen molar-refractivity contribution in [1.82, 2.24) is 4.57 Å². The molecule has 0 amide bonds. The van der Waals surface area contributed by atoms with Gasteiger partial charge in [-0.15, -0.1) is 0 Å². The lowest BCUT2D eigenvalue weighted by molar-refractivity contribution is -0.147. The highest BCUT2D eigenvalue weighted by Crippen LogP contribution is 2.42. The van der Waals surface area contributed by atoms with Crippen molar-refractivity contribution >= 4 is 5.97 Å². The number of nitrogens with zero attached hydrogens (tertiary/aromatic N) is 1. The summed E-state index contributed by atoms with van der Waals surface area (Å²) in [6, 6.07) is 9.81. The van der Waals surface area contributed by atoms with Crippen molar-refractivity contribution < 1.29 is 9.53 Å². The second-order valence-corrected chi connectivity index (χ2v) is 7.27. The van der Waals surface area contributed by atoms with Crippen LogP contribution in [0.2, 0.25) is 0 Å². The van der Waals surface area contributed by atoms with Crippen molar-refractivity contribution in [2.75, 3.05) is 7.11 Å². The van der Waals surface area contributed by atoms with E-state index in [1.165, 1.54) is 7.11 Å². The van der Waals surface area contributed by atoms with Crippen LogP contribution < -0.4 is 5.56 Å². The number of unbranched alkanes of at least 4 members (excludes halogenated alkanes) is 1. The average Bonchev–Trinajstić information content (AvgIpc) is 3.09. The van der Waals surface area contributed by atoms with Gasteiger partial charge in [-0.3, -0.25) is 9.59 Å². The van der Waals surface area contributed by atoms with Crippen molar-refractivity contribution in [3.63, 3.8) is 0 Å². The number of hydrogen-bond acceptors (Lipinski definition) is 3. The van der Waals surface area contributed by atoms with Crippen LogP contribution in [0, 0.1) is 13.8 Å². The van der Waals surface area contributed by atoms with Gasteiger partial charge in [0, 0.05) is 17.8 Å². The van der Waals surface area contributed by atoms with Gasteiger partial charge in [0.25, 0.3) is 5.56 Å². The SMILES string of the molecule is CCCCn1c(C)c2c(c(C)c1=O)CC(C(=O)OC)(c1ccccc1)C2. The Bertz CT molecular complexity index is 882. The minimum absolute atomic E-state index is 0.0726. The number of esters is 1. The Morgan fingerprint density at radius 2 is 1.81 bits per heavy atom. The van der Waals surface area contributed by atoms with Crippen molar-refractivity contribution in [1.29, 1.82) is 0 Å². The first kappa shape index (κ1) is 18.4. The third-order valence-corrected chi connectivity index (χ3v) is 5.82. The van der Waals surface area contributed by atoms with Crippen LogP contribution in [0.4, 0.5) is 0 Å². The van der Waals surface area contributed by atoms with Crippen molar-refractivity contribution in [3.05, 3.63) is 68.6 Å². The normalized spacial score (nSPS) is 18.6. The van der Waals surface area contributed by atoms with E-state index >= 15 is 0 Å². The summed E-state index contributed by atoms with van der Waals surface area (Å²) in [4.78, 5) is 25.8. The first-order chi connectivity index (χ1) is 12.5. The number of methoxy groups -OCH3 is 1. The maximum Gasteiger partial charge on any atom is 0.316 e. The molecule has 0 fully saturated rings. The Hall–Kier alpha value is -2.36. The molecule has 26 heavy (non-hydrogen) atoms. The van der Waals surface area contributed by atoms with Gasteiger partial charge in [0.1, 0.15) is 5.41 Å². The van der Waals surface area contributed by atoms with Gasteiger partial charge in [-0.05, 0) is 49.8 Å². The Kier molecular flexibility index (Phi) is 5.03. The summed E-state index contributed by atoms with van der Waals surface area (Å²) in [7, 11) is 1.44. The molecular formula is C22H27NO3. The number of fused-ring (bicyclic) bond motifs is 1. The summed E-state index contributed by atoms with van der Waals surface area (Å²) in [5.74, 6) is -0.230. The van der Waals surface area contributed by atoms with E-state index < -0.39 is 5.41 Å². The van der Waals surface area contributed by atoms with E-state index in [-0.39, 0.29) is 11.5 Å². The van der Waals surface area contributed by atoms with Gasteiger partial charge in [-0.1, -0.05) is 43.7 Å². The summed E-state index contributed by atoms with van der Waals surface area (Å²) >= 11 is 0. The van der Waals surface area contributed by atoms with Crippen LogP contribution in [0.3, 0.4) is 0 Å². The number of benzene rings is 1. The molecule has 1 aromatic carbocycles. The van der Waals surface area contributed by atoms with Crippen LogP contribution in [0.25, 0.3) is 0 Å². The molecule has 0 saturated heterocycles. The maximum atomic E-state index is 12.9. The third kappa shape index (κ3) is 2.77. The molecule has 0 saturated carbocycles. The summed E-state index contributed by atoms with van der Waals surface area (Å²) in [5.41, 5.74) is 4.19. The van der Waals surface area contributed by atoms with Gasteiger partial charge >= 0.3 is 5.97 Å². The predicted molar refractivity (Wildman–Crippen MR) is 103 cm³/mol. The standard InChI is InChI=1S/C22H27NO3/c1-5-6-12-23-16(3)19-14-22(21(25)26-4,17-10-8-7-9-11-17)13-18(19)15(2)20(23)24/h7-11H,5-6,12-14H2,1-4H3. The topological polar surface area (TPSA) is 48.3 Å². The Balaban J connectivity index is 2.17. The van der Waals surface area contributed by atoms with Crippen molar-refractivity contribution in [3.8, 4) is 0 Å². The van der Waals surface area contributed by atoms with Crippen LogP contribution in [-0.4, -0.2) is 17.6 Å². The van der Waals surface area contributed by atoms with Crippen molar-refractivity contribution in [2.24, 2.45) is 0 Å². The molecule has 4 heteroatoms. The number of carbonyl (C=O) groups is 1. The van der Waals surface area contributed by atoms with E-state index in [4.69, 9.17) is 4.74 Å². The minimum atomic E-state index is -0.746. The number of aromatic nitrogens is 1. The first-order valence-corrected chi connectivity index (χ1v) is 9.32. The Labute approximate surface area is 154 Å². The molecule has 2 aromatic rings. The van der Waals surface area contributed by atoms with E-state index in [0.29, 0.717) is 12.8 Å². The molecule has 3 rings (SSSR count). The summed E-state index contributed by atoms with van der Waals surface area (Å²) in [5, 5.41) is 0. The number of rotatable bonds is 5. The van der Waals surface area contributed by atoms with Crippen LogP contribution in [0.5, 0.6) is 0 Å². The summed E-state index contributed by atoms with van der Waals surface area (Å²) in [6.45, 7) is 6.75. The molecule has 1 heterocycles. The lowest BCUT2D eigenvalue weighted by Gasteiger charge is -2.26. The van der Waals surface area contributed by atoms with Crippen LogP contribution >= 0.6 is 0 Å². The van der Waals surface area contributed by atoms with Gasteiger partial charge < -0.3 is 9.30 Å². The zero-order chi connectivity index (χ0) is 18.9. The predicted octanol–water partition coefficient (Wildman–Crippen LogP) is 3.47. The van der Waals surface area contributed by atoms with E-state index in [9.17, 15) is 9.59 Å². The van der Waals surface area contributed by atoms with Gasteiger partial charge in [-0.25, -0.2) is 0 Å². The molecule has 1 unspecified atom stereocenters. The molecule has 138 valence electrons. The van der Waals surface area contributed by atoms with Crippen LogP contribution in [0.1, 0.15) is 47.7 Å². The molecule has 1 atom stereocenters. The highest BCUT2D eigenvalue weighted by molar-refractivity contribution is 5.85. The molecule has 0 aliphatic heterocycles. The molecule has 4 nitrogen and oxygen atoms in total. The third-order valence-electron chi connectivity index (χ3n) is 5.82. The maximum absolute atomic E-state index is 12.9. The van der Waals surface area contributed by atoms with E-state index in [0.717, 1.165) is 47.3 Å². The minimum Gasteiger partial charge on any atom is -0.468 e. The van der Waals surface area contributed by atoms with Gasteiger partial charge in [0.15, 0.2) is 0 Å². The number of carbonyl (C=O) groups excluding carboxylic acids is 1. The molecule has 1 aliphatic carbocycles. The zero-order valence-corrected chi connectivity index (χ0v) is 16.1. The molecule has 1 aromatic heterocycles. The van der Waals surface area contributed by atoms with E-state index in [1.807, 2.05) is 48.7 Å². The lowest BCUT2D eigenvalue weighted by atomic mass is 9.77. The zero-order valence-electron chi connectivity index (χ0n) is 16.1. The largest absolute Gasteiger partial charge is 0.468 e.